The number of methoxy groups -OCH3 is 1. The Labute approximate surface area is 115 Å². The number of rotatable bonds is 5. The number of nitrogens with one attached hydrogen (secondary N) is 1. The Morgan fingerprint density at radius 1 is 1.55 bits per heavy atom. The average molecular weight is 282 g/mol. The SMILES string of the molecule is COC1(CNC(=O)c2cc(F)ccc2[N+](=O)[O-])CCC1. The van der Waals surface area contributed by atoms with Gasteiger partial charge in [0, 0.05) is 19.7 Å². The maximum atomic E-state index is 13.2. The molecular weight excluding hydrogens is 267 g/mol. The molecule has 20 heavy (non-hydrogen) atoms. The van der Waals surface area contributed by atoms with Crippen LogP contribution in [0.5, 0.6) is 0 Å². The topological polar surface area (TPSA) is 81.5 Å². The highest BCUT2D eigenvalue weighted by atomic mass is 19.1. The third kappa shape index (κ3) is 2.77. The van der Waals surface area contributed by atoms with E-state index in [0.29, 0.717) is 0 Å². The molecule has 108 valence electrons. The zero-order valence-electron chi connectivity index (χ0n) is 11.0. The lowest BCUT2D eigenvalue weighted by molar-refractivity contribution is -0.385. The summed E-state index contributed by atoms with van der Waals surface area (Å²) < 4.78 is 18.5. The Morgan fingerprint density at radius 3 is 2.75 bits per heavy atom. The Balaban J connectivity index is 2.12. The Bertz CT molecular complexity index is 538. The van der Waals surface area contributed by atoms with E-state index in [9.17, 15) is 19.3 Å². The number of nitro groups is 1. The molecule has 0 radical (unpaired) electrons. The van der Waals surface area contributed by atoms with Crippen molar-refractivity contribution in [3.8, 4) is 0 Å². The van der Waals surface area contributed by atoms with Gasteiger partial charge in [-0.3, -0.25) is 14.9 Å². The third-order valence-corrected chi connectivity index (χ3v) is 3.67. The van der Waals surface area contributed by atoms with Crippen LogP contribution < -0.4 is 5.32 Å². The normalized spacial score (nSPS) is 16.3. The van der Waals surface area contributed by atoms with Gasteiger partial charge in [-0.15, -0.1) is 0 Å². The zero-order valence-corrected chi connectivity index (χ0v) is 11.0. The van der Waals surface area contributed by atoms with Gasteiger partial charge in [-0.05, 0) is 31.4 Å². The lowest BCUT2D eigenvalue weighted by Crippen LogP contribution is -2.49. The second-order valence-electron chi connectivity index (χ2n) is 4.84. The van der Waals surface area contributed by atoms with Crippen molar-refractivity contribution in [3.05, 3.63) is 39.7 Å². The number of carbonyl (C=O) groups is 1. The molecule has 0 saturated heterocycles. The molecule has 1 amide bonds. The smallest absolute Gasteiger partial charge is 0.282 e. The van der Waals surface area contributed by atoms with Crippen LogP contribution in [0.15, 0.2) is 18.2 Å². The predicted octanol–water partition coefficient (Wildman–Crippen LogP) is 2.03. The molecule has 0 spiro atoms. The molecule has 6 nitrogen and oxygen atoms in total. The second-order valence-corrected chi connectivity index (χ2v) is 4.84. The Kier molecular flexibility index (Phi) is 3.99. The van der Waals surface area contributed by atoms with E-state index in [4.69, 9.17) is 4.74 Å². The van der Waals surface area contributed by atoms with E-state index in [1.54, 1.807) is 7.11 Å². The van der Waals surface area contributed by atoms with Gasteiger partial charge in [0.05, 0.1) is 10.5 Å². The summed E-state index contributed by atoms with van der Waals surface area (Å²) in [6, 6.07) is 2.81. The van der Waals surface area contributed by atoms with Gasteiger partial charge >= 0.3 is 0 Å². The molecule has 0 bridgehead atoms. The lowest BCUT2D eigenvalue weighted by Gasteiger charge is -2.40. The first kappa shape index (κ1) is 14.4. The summed E-state index contributed by atoms with van der Waals surface area (Å²) in [5.74, 6) is -1.36. The number of halogens is 1. The van der Waals surface area contributed by atoms with Crippen LogP contribution in [0.2, 0.25) is 0 Å². The van der Waals surface area contributed by atoms with E-state index in [-0.39, 0.29) is 12.1 Å². The fourth-order valence-corrected chi connectivity index (χ4v) is 2.21. The first-order valence-electron chi connectivity index (χ1n) is 6.25. The summed E-state index contributed by atoms with van der Waals surface area (Å²) in [6.45, 7) is 0.260. The molecule has 2 rings (SSSR count). The van der Waals surface area contributed by atoms with Gasteiger partial charge in [0.15, 0.2) is 0 Å². The van der Waals surface area contributed by atoms with E-state index in [1.165, 1.54) is 0 Å². The van der Waals surface area contributed by atoms with E-state index in [1.807, 2.05) is 0 Å². The van der Waals surface area contributed by atoms with Crippen LogP contribution >= 0.6 is 0 Å². The fraction of sp³-hybridized carbons (Fsp3) is 0.462. The molecule has 1 saturated carbocycles. The summed E-state index contributed by atoms with van der Waals surface area (Å²) in [4.78, 5) is 22.1. The minimum Gasteiger partial charge on any atom is -0.376 e. The molecule has 0 aromatic heterocycles. The monoisotopic (exact) mass is 282 g/mol. The number of benzene rings is 1. The highest BCUT2D eigenvalue weighted by molar-refractivity contribution is 5.98. The number of nitrogens with zero attached hydrogens (tertiary/aromatic N) is 1. The molecule has 1 N–H and O–H groups in total. The first-order valence-corrected chi connectivity index (χ1v) is 6.25. The van der Waals surface area contributed by atoms with Crippen LogP contribution in [0.25, 0.3) is 0 Å². The summed E-state index contributed by atoms with van der Waals surface area (Å²) in [5.41, 5.74) is -1.08. The fourth-order valence-electron chi connectivity index (χ4n) is 2.21. The van der Waals surface area contributed by atoms with Crippen LogP contribution in [0, 0.1) is 15.9 Å². The molecule has 7 heteroatoms. The summed E-state index contributed by atoms with van der Waals surface area (Å²) in [6.07, 6.45) is 2.67. The molecule has 0 unspecified atom stereocenters. The highest BCUT2D eigenvalue weighted by Crippen LogP contribution is 2.34. The maximum Gasteiger partial charge on any atom is 0.282 e. The number of carbonyl (C=O) groups excluding carboxylic acids is 1. The van der Waals surface area contributed by atoms with Crippen LogP contribution in [0.1, 0.15) is 29.6 Å². The van der Waals surface area contributed by atoms with Crippen molar-refractivity contribution in [1.82, 2.24) is 5.32 Å². The van der Waals surface area contributed by atoms with Crippen molar-refractivity contribution in [2.24, 2.45) is 0 Å². The molecule has 0 atom stereocenters. The van der Waals surface area contributed by atoms with Crippen molar-refractivity contribution in [2.45, 2.75) is 24.9 Å². The van der Waals surface area contributed by atoms with Crippen LogP contribution in [0.3, 0.4) is 0 Å². The van der Waals surface area contributed by atoms with Crippen molar-refractivity contribution < 1.29 is 18.8 Å². The van der Waals surface area contributed by atoms with Gasteiger partial charge in [-0.1, -0.05) is 0 Å². The van der Waals surface area contributed by atoms with E-state index >= 15 is 0 Å². The molecule has 1 fully saturated rings. The number of amides is 1. The maximum absolute atomic E-state index is 13.2. The summed E-state index contributed by atoms with van der Waals surface area (Å²) in [5, 5.41) is 13.4. The predicted molar refractivity (Wildman–Crippen MR) is 69.0 cm³/mol. The van der Waals surface area contributed by atoms with Gasteiger partial charge in [-0.2, -0.15) is 0 Å². The van der Waals surface area contributed by atoms with Gasteiger partial charge in [0.2, 0.25) is 0 Å². The van der Waals surface area contributed by atoms with E-state index in [0.717, 1.165) is 37.5 Å². The molecule has 1 aliphatic carbocycles. The van der Waals surface area contributed by atoms with Gasteiger partial charge in [0.1, 0.15) is 11.4 Å². The quantitative estimate of drug-likeness (QED) is 0.661. The molecule has 1 aliphatic rings. The standard InChI is InChI=1S/C13H15FN2O4/c1-20-13(5-2-6-13)8-15-12(17)10-7-9(14)3-4-11(10)16(18)19/h3-4,7H,2,5-6,8H2,1H3,(H,15,17). The van der Waals surface area contributed by atoms with Crippen molar-refractivity contribution in [3.63, 3.8) is 0 Å². The van der Waals surface area contributed by atoms with Gasteiger partial charge < -0.3 is 10.1 Å². The molecule has 0 aliphatic heterocycles. The Hall–Kier alpha value is -2.02. The first-order chi connectivity index (χ1) is 9.47. The van der Waals surface area contributed by atoms with Crippen molar-refractivity contribution >= 4 is 11.6 Å². The second kappa shape index (κ2) is 5.54. The molecule has 1 aromatic carbocycles. The van der Waals surface area contributed by atoms with Gasteiger partial charge in [-0.25, -0.2) is 4.39 Å². The average Bonchev–Trinajstić information content (AvgIpc) is 2.37. The third-order valence-electron chi connectivity index (χ3n) is 3.67. The number of hydrogen-bond acceptors (Lipinski definition) is 4. The Morgan fingerprint density at radius 2 is 2.25 bits per heavy atom. The van der Waals surface area contributed by atoms with E-state index < -0.39 is 27.9 Å². The minimum atomic E-state index is -0.705. The van der Waals surface area contributed by atoms with Crippen LogP contribution in [-0.2, 0) is 4.74 Å². The highest BCUT2D eigenvalue weighted by Gasteiger charge is 2.37. The molecule has 0 heterocycles. The zero-order chi connectivity index (χ0) is 14.8. The van der Waals surface area contributed by atoms with Crippen molar-refractivity contribution in [2.75, 3.05) is 13.7 Å². The van der Waals surface area contributed by atoms with Crippen molar-refractivity contribution in [1.29, 1.82) is 0 Å². The molecule has 1 aromatic rings. The minimum absolute atomic E-state index is 0.260. The summed E-state index contributed by atoms with van der Waals surface area (Å²) >= 11 is 0. The number of hydrogen-bond donors (Lipinski definition) is 1. The summed E-state index contributed by atoms with van der Waals surface area (Å²) in [7, 11) is 1.57. The van der Waals surface area contributed by atoms with Crippen LogP contribution in [0.4, 0.5) is 10.1 Å². The number of nitro benzene ring substituents is 1. The van der Waals surface area contributed by atoms with Gasteiger partial charge in [0.25, 0.3) is 11.6 Å². The van der Waals surface area contributed by atoms with Crippen LogP contribution in [-0.4, -0.2) is 30.1 Å². The molecular formula is C13H15FN2O4. The lowest BCUT2D eigenvalue weighted by atomic mass is 9.80. The largest absolute Gasteiger partial charge is 0.376 e. The van der Waals surface area contributed by atoms with E-state index in [2.05, 4.69) is 5.32 Å². The number of ether oxygens (including phenoxy) is 1.